The molecule has 0 fully saturated rings. The highest BCUT2D eigenvalue weighted by Crippen LogP contribution is 2.13. The van der Waals surface area contributed by atoms with Gasteiger partial charge in [0.1, 0.15) is 0 Å². The van der Waals surface area contributed by atoms with Crippen molar-refractivity contribution in [2.24, 2.45) is 0 Å². The van der Waals surface area contributed by atoms with Gasteiger partial charge in [0.2, 0.25) is 0 Å². The fourth-order valence-electron chi connectivity index (χ4n) is 3.06. The maximum absolute atomic E-state index is 4.43. The molecule has 1 aromatic heterocycles. The molecule has 0 bridgehead atoms. The minimum absolute atomic E-state index is 1.09. The van der Waals surface area contributed by atoms with E-state index < -0.39 is 0 Å². The fourth-order valence-corrected chi connectivity index (χ4v) is 3.06. The Hall–Kier alpha value is -0.790. The van der Waals surface area contributed by atoms with Gasteiger partial charge in [-0.1, -0.05) is 90.4 Å². The molecule has 22 heavy (non-hydrogen) atoms. The number of aromatic nitrogens is 2. The Labute approximate surface area is 138 Å². The summed E-state index contributed by atoms with van der Waals surface area (Å²) >= 11 is 0. The van der Waals surface area contributed by atoms with Crippen molar-refractivity contribution in [2.45, 2.75) is 110 Å². The number of hydrogen-bond acceptors (Lipinski definition) is 1. The van der Waals surface area contributed by atoms with Gasteiger partial charge < -0.3 is 0 Å². The van der Waals surface area contributed by atoms with Crippen LogP contribution in [0.25, 0.3) is 0 Å². The molecule has 0 N–H and O–H groups in total. The van der Waals surface area contributed by atoms with Crippen molar-refractivity contribution >= 4 is 0 Å². The molecule has 0 aliphatic heterocycles. The fraction of sp³-hybridized carbons (Fsp3) is 0.850. The van der Waals surface area contributed by atoms with Gasteiger partial charge in [-0.15, -0.1) is 0 Å². The van der Waals surface area contributed by atoms with Crippen LogP contribution in [0.2, 0.25) is 0 Å². The molecule has 0 saturated carbocycles. The predicted octanol–water partition coefficient (Wildman–Crippen LogP) is 6.67. The Morgan fingerprint density at radius 2 is 1.18 bits per heavy atom. The molecule has 0 amide bonds. The zero-order chi connectivity index (χ0) is 15.9. The van der Waals surface area contributed by atoms with Crippen LogP contribution in [0.1, 0.15) is 103 Å². The Balaban J connectivity index is 1.73. The van der Waals surface area contributed by atoms with E-state index in [0.717, 1.165) is 12.2 Å². The molecule has 0 aliphatic carbocycles. The van der Waals surface area contributed by atoms with Crippen LogP contribution in [0.5, 0.6) is 0 Å². The van der Waals surface area contributed by atoms with E-state index in [2.05, 4.69) is 35.9 Å². The lowest BCUT2D eigenvalue weighted by Gasteiger charge is -2.03. The molecule has 0 saturated heterocycles. The van der Waals surface area contributed by atoms with Gasteiger partial charge >= 0.3 is 0 Å². The highest BCUT2D eigenvalue weighted by atomic mass is 15.3. The van der Waals surface area contributed by atoms with Gasteiger partial charge in [0.05, 0.1) is 5.69 Å². The summed E-state index contributed by atoms with van der Waals surface area (Å²) in [6.45, 7) is 5.44. The summed E-state index contributed by atoms with van der Waals surface area (Å²) in [5.41, 5.74) is 1.13. The van der Waals surface area contributed by atoms with Gasteiger partial charge in [0.15, 0.2) is 0 Å². The van der Waals surface area contributed by atoms with Crippen LogP contribution in [-0.2, 0) is 6.54 Å². The van der Waals surface area contributed by atoms with Crippen LogP contribution in [0, 0.1) is 6.92 Å². The molecule has 2 nitrogen and oxygen atoms in total. The average molecular weight is 307 g/mol. The maximum Gasteiger partial charge on any atom is 0.0593 e. The first-order chi connectivity index (χ1) is 10.8. The second-order valence-corrected chi connectivity index (χ2v) is 6.82. The molecule has 0 unspecified atom stereocenters. The van der Waals surface area contributed by atoms with Gasteiger partial charge in [-0.3, -0.25) is 4.68 Å². The first kappa shape index (κ1) is 19.3. The summed E-state index contributed by atoms with van der Waals surface area (Å²) in [6.07, 6.45) is 22.0. The molecule has 1 aromatic rings. The number of aryl methyl sites for hydroxylation is 2. The highest BCUT2D eigenvalue weighted by molar-refractivity contribution is 4.94. The standard InChI is InChI=1S/C20H38N2/c1-3-4-5-6-7-8-9-10-11-12-13-14-15-16-18-22-19-17-20(2)21-22/h17,19H,3-16,18H2,1-2H3. The van der Waals surface area contributed by atoms with Crippen LogP contribution in [0.4, 0.5) is 0 Å². The van der Waals surface area contributed by atoms with Crippen molar-refractivity contribution in [3.05, 3.63) is 18.0 Å². The van der Waals surface area contributed by atoms with Crippen molar-refractivity contribution in [3.63, 3.8) is 0 Å². The zero-order valence-electron chi connectivity index (χ0n) is 15.2. The average Bonchev–Trinajstić information content (AvgIpc) is 2.93. The van der Waals surface area contributed by atoms with E-state index in [0.29, 0.717) is 0 Å². The first-order valence-electron chi connectivity index (χ1n) is 9.83. The van der Waals surface area contributed by atoms with Crippen LogP contribution < -0.4 is 0 Å². The number of hydrogen-bond donors (Lipinski definition) is 0. The molecule has 0 atom stereocenters. The molecule has 1 heterocycles. The molecule has 0 spiro atoms. The third-order valence-corrected chi connectivity index (χ3v) is 4.51. The molecule has 2 heteroatoms. The molecule has 0 radical (unpaired) electrons. The van der Waals surface area contributed by atoms with Gasteiger partial charge in [-0.2, -0.15) is 5.10 Å². The van der Waals surface area contributed by atoms with E-state index in [1.165, 1.54) is 89.9 Å². The largest absolute Gasteiger partial charge is 0.273 e. The molecule has 1 rings (SSSR count). The van der Waals surface area contributed by atoms with Crippen LogP contribution in [0.3, 0.4) is 0 Å². The van der Waals surface area contributed by atoms with E-state index in [-0.39, 0.29) is 0 Å². The second kappa shape index (κ2) is 13.8. The van der Waals surface area contributed by atoms with Crippen LogP contribution >= 0.6 is 0 Å². The number of unbranched alkanes of at least 4 members (excludes halogenated alkanes) is 13. The molecule has 0 aromatic carbocycles. The minimum Gasteiger partial charge on any atom is -0.273 e. The van der Waals surface area contributed by atoms with E-state index in [1.54, 1.807) is 0 Å². The van der Waals surface area contributed by atoms with Crippen LogP contribution in [-0.4, -0.2) is 9.78 Å². The maximum atomic E-state index is 4.43. The Morgan fingerprint density at radius 3 is 1.59 bits per heavy atom. The highest BCUT2D eigenvalue weighted by Gasteiger charge is 1.96. The van der Waals surface area contributed by atoms with Crippen molar-refractivity contribution in [1.82, 2.24) is 9.78 Å². The number of nitrogens with zero attached hydrogens (tertiary/aromatic N) is 2. The van der Waals surface area contributed by atoms with Crippen LogP contribution in [0.15, 0.2) is 12.3 Å². The van der Waals surface area contributed by atoms with Crippen molar-refractivity contribution in [3.8, 4) is 0 Å². The Kier molecular flexibility index (Phi) is 12.1. The normalized spacial score (nSPS) is 11.2. The topological polar surface area (TPSA) is 17.8 Å². The molecular formula is C20H38N2. The Bertz CT molecular complexity index is 343. The second-order valence-electron chi connectivity index (χ2n) is 6.82. The van der Waals surface area contributed by atoms with E-state index in [9.17, 15) is 0 Å². The first-order valence-corrected chi connectivity index (χ1v) is 9.83. The van der Waals surface area contributed by atoms with Gasteiger partial charge in [0, 0.05) is 12.7 Å². The number of rotatable bonds is 15. The third kappa shape index (κ3) is 10.9. The quantitative estimate of drug-likeness (QED) is 0.331. The van der Waals surface area contributed by atoms with E-state index in [4.69, 9.17) is 0 Å². The molecule has 0 aliphatic rings. The smallest absolute Gasteiger partial charge is 0.0593 e. The van der Waals surface area contributed by atoms with E-state index >= 15 is 0 Å². The summed E-state index contributed by atoms with van der Waals surface area (Å²) < 4.78 is 2.08. The van der Waals surface area contributed by atoms with Crippen molar-refractivity contribution in [1.29, 1.82) is 0 Å². The third-order valence-electron chi connectivity index (χ3n) is 4.51. The molecule has 128 valence electrons. The lowest BCUT2D eigenvalue weighted by atomic mass is 10.0. The lowest BCUT2D eigenvalue weighted by molar-refractivity contribution is 0.510. The lowest BCUT2D eigenvalue weighted by Crippen LogP contribution is -1.98. The molecular weight excluding hydrogens is 268 g/mol. The van der Waals surface area contributed by atoms with Gasteiger partial charge in [-0.05, 0) is 19.4 Å². The summed E-state index contributed by atoms with van der Waals surface area (Å²) in [6, 6.07) is 2.09. The summed E-state index contributed by atoms with van der Waals surface area (Å²) in [5, 5.41) is 4.43. The van der Waals surface area contributed by atoms with E-state index in [1.807, 2.05) is 0 Å². The summed E-state index contributed by atoms with van der Waals surface area (Å²) in [5.74, 6) is 0. The Morgan fingerprint density at radius 1 is 0.727 bits per heavy atom. The predicted molar refractivity (Wildman–Crippen MR) is 97.3 cm³/mol. The van der Waals surface area contributed by atoms with Gasteiger partial charge in [-0.25, -0.2) is 0 Å². The minimum atomic E-state index is 1.09. The van der Waals surface area contributed by atoms with Gasteiger partial charge in [0.25, 0.3) is 0 Å². The monoisotopic (exact) mass is 306 g/mol. The summed E-state index contributed by atoms with van der Waals surface area (Å²) in [7, 11) is 0. The van der Waals surface area contributed by atoms with Crippen molar-refractivity contribution < 1.29 is 0 Å². The summed E-state index contributed by atoms with van der Waals surface area (Å²) in [4.78, 5) is 0. The SMILES string of the molecule is CCCCCCCCCCCCCCCCn1ccc(C)n1. The zero-order valence-corrected chi connectivity index (χ0v) is 15.2. The van der Waals surface area contributed by atoms with Crippen molar-refractivity contribution in [2.75, 3.05) is 0 Å².